The molecule has 0 aromatic carbocycles. The van der Waals surface area contributed by atoms with Gasteiger partial charge in [-0.3, -0.25) is 9.59 Å². The van der Waals surface area contributed by atoms with E-state index >= 15 is 0 Å². The summed E-state index contributed by atoms with van der Waals surface area (Å²) in [6.07, 6.45) is 4.58. The Labute approximate surface area is 115 Å². The molecule has 2 fully saturated rings. The van der Waals surface area contributed by atoms with Crippen LogP contribution in [0.3, 0.4) is 0 Å². The van der Waals surface area contributed by atoms with E-state index in [9.17, 15) is 9.59 Å². The van der Waals surface area contributed by atoms with Crippen molar-refractivity contribution in [1.82, 2.24) is 5.32 Å². The highest BCUT2D eigenvalue weighted by Gasteiger charge is 2.75. The lowest BCUT2D eigenvalue weighted by Gasteiger charge is -2.35. The van der Waals surface area contributed by atoms with Crippen LogP contribution in [0.25, 0.3) is 0 Å². The molecule has 1 saturated carbocycles. The van der Waals surface area contributed by atoms with Gasteiger partial charge in [-0.1, -0.05) is 33.6 Å². The minimum Gasteiger partial charge on any atom is -0.448 e. The van der Waals surface area contributed by atoms with Crippen molar-refractivity contribution < 1.29 is 14.3 Å². The average Bonchev–Trinajstić information content (AvgIpc) is 2.65. The number of ether oxygens (including phenoxy) is 1. The van der Waals surface area contributed by atoms with Gasteiger partial charge in [-0.15, -0.1) is 0 Å². The standard InChI is InChI=1S/C15H25NO3/c1-5-6-7-10-16-11(17)15-9-8-14(4,12(18)19-15)13(15,2)3/h5-10H2,1-4H3,(H,16,17). The van der Waals surface area contributed by atoms with Crippen LogP contribution >= 0.6 is 0 Å². The van der Waals surface area contributed by atoms with Crippen LogP contribution < -0.4 is 5.32 Å². The summed E-state index contributed by atoms with van der Waals surface area (Å²) in [6.45, 7) is 8.69. The minimum atomic E-state index is -0.953. The van der Waals surface area contributed by atoms with E-state index in [1.807, 2.05) is 20.8 Å². The normalized spacial score (nSPS) is 35.3. The molecule has 1 aliphatic carbocycles. The van der Waals surface area contributed by atoms with Gasteiger partial charge in [0.2, 0.25) is 0 Å². The molecule has 2 bridgehead atoms. The van der Waals surface area contributed by atoms with Gasteiger partial charge in [-0.2, -0.15) is 0 Å². The molecule has 2 atom stereocenters. The second kappa shape index (κ2) is 4.50. The van der Waals surface area contributed by atoms with Crippen molar-refractivity contribution in [3.8, 4) is 0 Å². The van der Waals surface area contributed by atoms with Crippen LogP contribution in [0.1, 0.15) is 59.8 Å². The molecular formula is C15H25NO3. The van der Waals surface area contributed by atoms with Crippen LogP contribution in [0.5, 0.6) is 0 Å². The van der Waals surface area contributed by atoms with Crippen molar-refractivity contribution >= 4 is 11.9 Å². The first kappa shape index (κ1) is 14.4. The van der Waals surface area contributed by atoms with Gasteiger partial charge in [-0.05, 0) is 26.2 Å². The van der Waals surface area contributed by atoms with Gasteiger partial charge >= 0.3 is 5.97 Å². The fourth-order valence-corrected chi connectivity index (χ4v) is 3.47. The first-order valence-corrected chi connectivity index (χ1v) is 7.33. The highest BCUT2D eigenvalue weighted by Crippen LogP contribution is 2.65. The molecule has 2 unspecified atom stereocenters. The number of rotatable bonds is 5. The van der Waals surface area contributed by atoms with E-state index in [0.29, 0.717) is 13.0 Å². The third-order valence-electron chi connectivity index (χ3n) is 5.52. The first-order chi connectivity index (χ1) is 8.82. The zero-order valence-electron chi connectivity index (χ0n) is 12.5. The Hall–Kier alpha value is -1.06. The van der Waals surface area contributed by atoms with Crippen LogP contribution in [0.15, 0.2) is 0 Å². The van der Waals surface area contributed by atoms with Gasteiger partial charge in [-0.25, -0.2) is 0 Å². The third-order valence-corrected chi connectivity index (χ3v) is 5.52. The fraction of sp³-hybridized carbons (Fsp3) is 0.867. The lowest BCUT2D eigenvalue weighted by Crippen LogP contribution is -2.53. The lowest BCUT2D eigenvalue weighted by atomic mass is 9.66. The first-order valence-electron chi connectivity index (χ1n) is 7.33. The summed E-state index contributed by atoms with van der Waals surface area (Å²) < 4.78 is 5.53. The molecule has 4 heteroatoms. The lowest BCUT2D eigenvalue weighted by molar-refractivity contribution is -0.168. The Bertz CT molecular complexity index is 404. The molecule has 1 saturated heterocycles. The van der Waals surface area contributed by atoms with Crippen LogP contribution in [-0.2, 0) is 14.3 Å². The molecular weight excluding hydrogens is 242 g/mol. The van der Waals surface area contributed by atoms with Gasteiger partial charge < -0.3 is 10.1 Å². The molecule has 0 spiro atoms. The molecule has 1 heterocycles. The van der Waals surface area contributed by atoms with Crippen molar-refractivity contribution in [2.45, 2.75) is 65.4 Å². The number of esters is 1. The van der Waals surface area contributed by atoms with Gasteiger partial charge in [0.15, 0.2) is 5.60 Å². The average molecular weight is 267 g/mol. The van der Waals surface area contributed by atoms with Crippen molar-refractivity contribution in [2.75, 3.05) is 6.54 Å². The molecule has 1 aliphatic heterocycles. The summed E-state index contributed by atoms with van der Waals surface area (Å²) in [5.74, 6) is -0.323. The fourth-order valence-electron chi connectivity index (χ4n) is 3.47. The number of unbranched alkanes of at least 4 members (excludes halogenated alkanes) is 2. The Morgan fingerprint density at radius 3 is 2.42 bits per heavy atom. The monoisotopic (exact) mass is 267 g/mol. The molecule has 2 rings (SSSR count). The number of carbonyl (C=O) groups excluding carboxylic acids is 2. The number of nitrogens with one attached hydrogen (secondary N) is 1. The van der Waals surface area contributed by atoms with Crippen molar-refractivity contribution in [3.63, 3.8) is 0 Å². The molecule has 108 valence electrons. The predicted molar refractivity (Wildman–Crippen MR) is 72.5 cm³/mol. The Morgan fingerprint density at radius 1 is 1.26 bits per heavy atom. The molecule has 1 amide bonds. The SMILES string of the molecule is CCCCCNC(=O)C12CCC(C)(C(=O)O1)C2(C)C. The summed E-state index contributed by atoms with van der Waals surface area (Å²) in [7, 11) is 0. The van der Waals surface area contributed by atoms with Crippen LogP contribution in [-0.4, -0.2) is 24.0 Å². The maximum atomic E-state index is 12.5. The Kier molecular flexibility index (Phi) is 3.40. The third kappa shape index (κ3) is 1.72. The van der Waals surface area contributed by atoms with Gasteiger partial charge in [0.1, 0.15) is 0 Å². The number of fused-ring (bicyclic) bond motifs is 2. The van der Waals surface area contributed by atoms with Gasteiger partial charge in [0.05, 0.1) is 5.41 Å². The smallest absolute Gasteiger partial charge is 0.313 e. The molecule has 0 aromatic heterocycles. The quantitative estimate of drug-likeness (QED) is 0.615. The predicted octanol–water partition coefficient (Wildman–Crippen LogP) is 2.41. The largest absolute Gasteiger partial charge is 0.448 e. The van der Waals surface area contributed by atoms with E-state index in [0.717, 1.165) is 25.7 Å². The zero-order valence-corrected chi connectivity index (χ0v) is 12.5. The Morgan fingerprint density at radius 2 is 1.95 bits per heavy atom. The second-order valence-corrected chi connectivity index (χ2v) is 6.64. The maximum Gasteiger partial charge on any atom is 0.313 e. The number of amides is 1. The highest BCUT2D eigenvalue weighted by molar-refractivity contribution is 5.96. The van der Waals surface area contributed by atoms with Gasteiger partial charge in [0.25, 0.3) is 5.91 Å². The molecule has 1 N–H and O–H groups in total. The van der Waals surface area contributed by atoms with Crippen LogP contribution in [0.4, 0.5) is 0 Å². The topological polar surface area (TPSA) is 55.4 Å². The van der Waals surface area contributed by atoms with E-state index in [-0.39, 0.29) is 11.9 Å². The van der Waals surface area contributed by atoms with E-state index in [4.69, 9.17) is 4.74 Å². The summed E-state index contributed by atoms with van der Waals surface area (Å²) in [4.78, 5) is 24.6. The molecule has 2 aliphatic rings. The van der Waals surface area contributed by atoms with Crippen molar-refractivity contribution in [2.24, 2.45) is 10.8 Å². The summed E-state index contributed by atoms with van der Waals surface area (Å²) >= 11 is 0. The van der Waals surface area contributed by atoms with E-state index in [1.54, 1.807) is 0 Å². The molecule has 0 aromatic rings. The van der Waals surface area contributed by atoms with Crippen LogP contribution in [0, 0.1) is 10.8 Å². The maximum absolute atomic E-state index is 12.5. The summed E-state index contributed by atoms with van der Waals surface area (Å²) in [5.41, 5.74) is -1.91. The summed E-state index contributed by atoms with van der Waals surface area (Å²) in [6, 6.07) is 0. The summed E-state index contributed by atoms with van der Waals surface area (Å²) in [5, 5.41) is 2.96. The zero-order chi connectivity index (χ0) is 14.3. The number of hydrogen-bond donors (Lipinski definition) is 1. The molecule has 4 nitrogen and oxygen atoms in total. The van der Waals surface area contributed by atoms with E-state index < -0.39 is 16.4 Å². The Balaban J connectivity index is 2.11. The van der Waals surface area contributed by atoms with E-state index in [1.165, 1.54) is 0 Å². The number of carbonyl (C=O) groups is 2. The van der Waals surface area contributed by atoms with E-state index in [2.05, 4.69) is 12.2 Å². The van der Waals surface area contributed by atoms with Crippen molar-refractivity contribution in [1.29, 1.82) is 0 Å². The number of hydrogen-bond acceptors (Lipinski definition) is 3. The molecule has 0 radical (unpaired) electrons. The minimum absolute atomic E-state index is 0.108. The second-order valence-electron chi connectivity index (χ2n) is 6.64. The molecule has 19 heavy (non-hydrogen) atoms. The van der Waals surface area contributed by atoms with Crippen molar-refractivity contribution in [3.05, 3.63) is 0 Å². The highest BCUT2D eigenvalue weighted by atomic mass is 16.6. The van der Waals surface area contributed by atoms with Crippen LogP contribution in [0.2, 0.25) is 0 Å². The van der Waals surface area contributed by atoms with Gasteiger partial charge in [0, 0.05) is 12.0 Å².